The van der Waals surface area contributed by atoms with Crippen molar-refractivity contribution < 1.29 is 8.42 Å². The summed E-state index contributed by atoms with van der Waals surface area (Å²) < 4.78 is 28.8. The SMILES string of the molecule is CCCNCC1CCCN(S(=O)(=O)N(C)C(C)C2CC2)C1. The van der Waals surface area contributed by atoms with E-state index in [1.165, 1.54) is 12.8 Å². The molecule has 1 heterocycles. The average Bonchev–Trinajstić information content (AvgIpc) is 3.31. The molecule has 21 heavy (non-hydrogen) atoms. The first-order valence-corrected chi connectivity index (χ1v) is 9.80. The van der Waals surface area contributed by atoms with Gasteiger partial charge in [-0.05, 0) is 64.0 Å². The molecule has 0 radical (unpaired) electrons. The van der Waals surface area contributed by atoms with E-state index in [0.717, 1.165) is 32.4 Å². The molecule has 1 aliphatic carbocycles. The Morgan fingerprint density at radius 3 is 2.67 bits per heavy atom. The minimum atomic E-state index is -3.29. The molecular weight excluding hydrogens is 286 g/mol. The molecule has 124 valence electrons. The smallest absolute Gasteiger partial charge is 0.281 e. The molecule has 1 saturated heterocycles. The lowest BCUT2D eigenvalue weighted by Gasteiger charge is -2.36. The molecule has 0 aromatic heterocycles. The summed E-state index contributed by atoms with van der Waals surface area (Å²) in [5, 5.41) is 3.42. The molecule has 1 aliphatic heterocycles. The van der Waals surface area contributed by atoms with Gasteiger partial charge < -0.3 is 5.32 Å². The number of piperidine rings is 1. The second-order valence-electron chi connectivity index (χ2n) is 6.67. The van der Waals surface area contributed by atoms with Crippen LogP contribution in [0.4, 0.5) is 0 Å². The average molecular weight is 317 g/mol. The molecule has 2 aliphatic rings. The Hall–Kier alpha value is -0.170. The molecule has 0 aromatic carbocycles. The van der Waals surface area contributed by atoms with Crippen LogP contribution in [0.1, 0.15) is 46.0 Å². The number of nitrogens with zero attached hydrogens (tertiary/aromatic N) is 2. The maximum absolute atomic E-state index is 12.8. The summed E-state index contributed by atoms with van der Waals surface area (Å²) in [5.41, 5.74) is 0. The third-order valence-corrected chi connectivity index (χ3v) is 6.95. The van der Waals surface area contributed by atoms with Gasteiger partial charge in [0.1, 0.15) is 0 Å². The first kappa shape index (κ1) is 17.2. The fourth-order valence-corrected chi connectivity index (χ4v) is 4.87. The van der Waals surface area contributed by atoms with E-state index >= 15 is 0 Å². The van der Waals surface area contributed by atoms with Crippen LogP contribution >= 0.6 is 0 Å². The maximum atomic E-state index is 12.8. The van der Waals surface area contributed by atoms with Gasteiger partial charge in [0.05, 0.1) is 0 Å². The Balaban J connectivity index is 1.92. The Morgan fingerprint density at radius 1 is 1.33 bits per heavy atom. The Morgan fingerprint density at radius 2 is 2.05 bits per heavy atom. The van der Waals surface area contributed by atoms with Crippen LogP contribution in [0.25, 0.3) is 0 Å². The normalized spacial score (nSPS) is 26.2. The minimum absolute atomic E-state index is 0.133. The fraction of sp³-hybridized carbons (Fsp3) is 1.00. The van der Waals surface area contributed by atoms with E-state index in [0.29, 0.717) is 24.9 Å². The third kappa shape index (κ3) is 4.41. The van der Waals surface area contributed by atoms with Crippen molar-refractivity contribution in [1.29, 1.82) is 0 Å². The number of nitrogens with one attached hydrogen (secondary N) is 1. The van der Waals surface area contributed by atoms with Crippen molar-refractivity contribution in [3.8, 4) is 0 Å². The Kier molecular flexibility index (Phi) is 6.05. The molecular formula is C15H31N3O2S. The lowest BCUT2D eigenvalue weighted by molar-refractivity contribution is 0.236. The van der Waals surface area contributed by atoms with E-state index in [4.69, 9.17) is 0 Å². The molecule has 0 aromatic rings. The van der Waals surface area contributed by atoms with Crippen LogP contribution in [0.15, 0.2) is 0 Å². The highest BCUT2D eigenvalue weighted by molar-refractivity contribution is 7.86. The molecule has 0 bridgehead atoms. The molecule has 6 heteroatoms. The highest BCUT2D eigenvalue weighted by Crippen LogP contribution is 2.36. The fourth-order valence-electron chi connectivity index (χ4n) is 3.15. The van der Waals surface area contributed by atoms with Crippen molar-refractivity contribution in [2.24, 2.45) is 11.8 Å². The lowest BCUT2D eigenvalue weighted by Crippen LogP contribution is -2.50. The van der Waals surface area contributed by atoms with Gasteiger partial charge in [0.25, 0.3) is 10.2 Å². The van der Waals surface area contributed by atoms with E-state index in [1.807, 2.05) is 6.92 Å². The van der Waals surface area contributed by atoms with Crippen molar-refractivity contribution in [1.82, 2.24) is 13.9 Å². The molecule has 2 rings (SSSR count). The quantitative estimate of drug-likeness (QED) is 0.693. The predicted molar refractivity (Wildman–Crippen MR) is 86.3 cm³/mol. The van der Waals surface area contributed by atoms with Crippen molar-refractivity contribution in [2.75, 3.05) is 33.2 Å². The second-order valence-corrected chi connectivity index (χ2v) is 8.66. The zero-order chi connectivity index (χ0) is 15.5. The summed E-state index contributed by atoms with van der Waals surface area (Å²) in [5.74, 6) is 1.02. The molecule has 2 atom stereocenters. The van der Waals surface area contributed by atoms with Crippen LogP contribution in [0.2, 0.25) is 0 Å². The summed E-state index contributed by atoms with van der Waals surface area (Å²) >= 11 is 0. The van der Waals surface area contributed by atoms with Crippen molar-refractivity contribution in [3.63, 3.8) is 0 Å². The minimum Gasteiger partial charge on any atom is -0.316 e. The van der Waals surface area contributed by atoms with E-state index in [2.05, 4.69) is 12.2 Å². The van der Waals surface area contributed by atoms with Gasteiger partial charge in [0.2, 0.25) is 0 Å². The van der Waals surface area contributed by atoms with Crippen LogP contribution in [-0.4, -0.2) is 56.3 Å². The summed E-state index contributed by atoms with van der Waals surface area (Å²) in [7, 11) is -1.54. The first-order chi connectivity index (χ1) is 9.96. The van der Waals surface area contributed by atoms with Crippen LogP contribution in [0.5, 0.6) is 0 Å². The van der Waals surface area contributed by atoms with E-state index in [1.54, 1.807) is 15.7 Å². The molecule has 2 unspecified atom stereocenters. The lowest BCUT2D eigenvalue weighted by atomic mass is 10.00. The van der Waals surface area contributed by atoms with E-state index in [9.17, 15) is 8.42 Å². The van der Waals surface area contributed by atoms with Gasteiger partial charge in [-0.25, -0.2) is 0 Å². The van der Waals surface area contributed by atoms with Gasteiger partial charge in [0.15, 0.2) is 0 Å². The van der Waals surface area contributed by atoms with Crippen LogP contribution < -0.4 is 5.32 Å². The van der Waals surface area contributed by atoms with Crippen molar-refractivity contribution in [3.05, 3.63) is 0 Å². The standard InChI is InChI=1S/C15H31N3O2S/c1-4-9-16-11-14-6-5-10-18(12-14)21(19,20)17(3)13(2)15-7-8-15/h13-16H,4-12H2,1-3H3. The van der Waals surface area contributed by atoms with Gasteiger partial charge in [0, 0.05) is 26.2 Å². The zero-order valence-electron chi connectivity index (χ0n) is 13.7. The molecule has 2 fully saturated rings. The predicted octanol–water partition coefficient (Wildman–Crippen LogP) is 1.67. The topological polar surface area (TPSA) is 52.7 Å². The van der Waals surface area contributed by atoms with Gasteiger partial charge in [-0.3, -0.25) is 0 Å². The second kappa shape index (κ2) is 7.40. The zero-order valence-corrected chi connectivity index (χ0v) is 14.5. The summed E-state index contributed by atoms with van der Waals surface area (Å²) in [6.45, 7) is 7.48. The van der Waals surface area contributed by atoms with Crippen LogP contribution in [0.3, 0.4) is 0 Å². The number of hydrogen-bond acceptors (Lipinski definition) is 3. The Labute approximate surface area is 130 Å². The summed E-state index contributed by atoms with van der Waals surface area (Å²) in [4.78, 5) is 0. The van der Waals surface area contributed by atoms with Gasteiger partial charge in [-0.2, -0.15) is 17.0 Å². The van der Waals surface area contributed by atoms with Crippen LogP contribution in [0, 0.1) is 11.8 Å². The van der Waals surface area contributed by atoms with Gasteiger partial charge >= 0.3 is 0 Å². The van der Waals surface area contributed by atoms with E-state index < -0.39 is 10.2 Å². The van der Waals surface area contributed by atoms with Crippen molar-refractivity contribution in [2.45, 2.75) is 52.0 Å². The van der Waals surface area contributed by atoms with Gasteiger partial charge in [-0.1, -0.05) is 6.92 Å². The van der Waals surface area contributed by atoms with Crippen LogP contribution in [-0.2, 0) is 10.2 Å². The number of hydrogen-bond donors (Lipinski definition) is 1. The maximum Gasteiger partial charge on any atom is 0.281 e. The third-order valence-electron chi connectivity index (χ3n) is 4.91. The molecule has 0 spiro atoms. The Bertz CT molecular complexity index is 423. The largest absolute Gasteiger partial charge is 0.316 e. The first-order valence-electron chi connectivity index (χ1n) is 8.40. The number of rotatable bonds is 8. The molecule has 1 saturated carbocycles. The molecule has 5 nitrogen and oxygen atoms in total. The molecule has 1 N–H and O–H groups in total. The summed E-state index contributed by atoms with van der Waals surface area (Å²) in [6.07, 6.45) is 5.57. The van der Waals surface area contributed by atoms with Crippen molar-refractivity contribution >= 4 is 10.2 Å². The summed E-state index contributed by atoms with van der Waals surface area (Å²) in [6, 6.07) is 0.133. The van der Waals surface area contributed by atoms with Gasteiger partial charge in [-0.15, -0.1) is 0 Å². The highest BCUT2D eigenvalue weighted by Gasteiger charge is 2.39. The monoisotopic (exact) mass is 317 g/mol. The van der Waals surface area contributed by atoms with E-state index in [-0.39, 0.29) is 6.04 Å². The molecule has 0 amide bonds. The highest BCUT2D eigenvalue weighted by atomic mass is 32.2.